The number of carboxylic acid groups (broad SMARTS) is 1. The number of esters is 2. The third kappa shape index (κ3) is 9.78. The molecule has 8 rings (SSSR count). The molecule has 0 radical (unpaired) electrons. The molecule has 3 aliphatic heterocycles. The van der Waals surface area contributed by atoms with Crippen LogP contribution in [0.4, 0.5) is 0 Å². The van der Waals surface area contributed by atoms with Gasteiger partial charge in [-0.2, -0.15) is 0 Å². The predicted molar refractivity (Wildman–Crippen MR) is 264 cm³/mol. The zero-order valence-corrected chi connectivity index (χ0v) is 45.9. The fourth-order valence-electron chi connectivity index (χ4n) is 16.1. The van der Waals surface area contributed by atoms with E-state index in [1.54, 1.807) is 13.8 Å². The standard InChI is InChI=1S/C54H86O24/c1-22(2)45(70)78-43-42(67)54(21-71-23(3)58)25(16-49(43,4)5)24-10-11-29-50(6)14-13-31(51(7,20-57)28(50)12-15-52(29,8)53(24,9)17-30(54)59)74-48-40(76-47-37(65)35(63)33(61)27(19-56)73-47)38(66)39(41(77-48)44(68)69)75-46-36(64)34(62)32(60)26(18-55)72-46/h10,22,25-43,46-48,55-57,59-67H,11-21H2,1-9H3,(H,68,69)/t25-,26+,27+,28?,29+,30+,31-,32+,33+,34-,35-,36+,37+,38-,39-,40+,41-,42-,43-,46-,47-,48+,50-,51+,52+,53+,54-/m0/s1. The molecule has 7 fully saturated rings. The van der Waals surface area contributed by atoms with Gasteiger partial charge in [0.1, 0.15) is 86.0 Å². The Labute approximate surface area is 453 Å². The molecule has 1 unspecified atom stereocenters. The fourth-order valence-corrected chi connectivity index (χ4v) is 16.1. The molecule has 13 N–H and O–H groups in total. The molecule has 0 amide bonds. The van der Waals surface area contributed by atoms with Crippen molar-refractivity contribution in [2.75, 3.05) is 26.4 Å². The first-order valence-corrected chi connectivity index (χ1v) is 27.5. The van der Waals surface area contributed by atoms with Gasteiger partial charge in [0.15, 0.2) is 25.0 Å². The average molecular weight is 1120 g/mol. The molecule has 24 nitrogen and oxygen atoms in total. The van der Waals surface area contributed by atoms with Gasteiger partial charge >= 0.3 is 17.9 Å². The number of fused-ring (bicyclic) bond motifs is 7. The molecule has 0 bridgehead atoms. The van der Waals surface area contributed by atoms with E-state index in [2.05, 4.69) is 26.8 Å². The molecular formula is C54H86O24. The maximum absolute atomic E-state index is 13.1. The number of ether oxygens (including phenoxy) is 8. The lowest BCUT2D eigenvalue weighted by atomic mass is 9.33. The molecule has 0 aromatic heterocycles. The number of carbonyl (C=O) groups excluding carboxylic acids is 2. The van der Waals surface area contributed by atoms with E-state index in [9.17, 15) is 80.8 Å². The first kappa shape index (κ1) is 61.5. The van der Waals surface area contributed by atoms with Crippen LogP contribution in [-0.2, 0) is 52.3 Å². The number of aliphatic hydroxyl groups excluding tert-OH is 12. The van der Waals surface area contributed by atoms with Crippen molar-refractivity contribution in [2.24, 2.45) is 56.2 Å². The normalized spacial score (nSPS) is 51.0. The van der Waals surface area contributed by atoms with Crippen LogP contribution in [0.2, 0.25) is 0 Å². The number of allylic oxidation sites excluding steroid dienone is 2. The summed E-state index contributed by atoms with van der Waals surface area (Å²) in [7, 11) is 0. The molecule has 4 saturated carbocycles. The molecule has 446 valence electrons. The smallest absolute Gasteiger partial charge is 0.335 e. The highest BCUT2D eigenvalue weighted by atomic mass is 16.8. The van der Waals surface area contributed by atoms with Gasteiger partial charge < -0.3 is 104 Å². The molecule has 3 saturated heterocycles. The Morgan fingerprint density at radius 2 is 1.27 bits per heavy atom. The third-order valence-electron chi connectivity index (χ3n) is 20.8. The summed E-state index contributed by atoms with van der Waals surface area (Å²) in [5.74, 6) is -4.18. The number of hydrogen-bond donors (Lipinski definition) is 13. The molecule has 8 aliphatic rings. The van der Waals surface area contributed by atoms with Crippen LogP contribution in [0.3, 0.4) is 0 Å². The summed E-state index contributed by atoms with van der Waals surface area (Å²) in [5.41, 5.74) is -4.04. The molecule has 0 aromatic rings. The minimum atomic E-state index is -2.17. The number of carboxylic acids is 1. The van der Waals surface area contributed by atoms with Crippen LogP contribution >= 0.6 is 0 Å². The summed E-state index contributed by atoms with van der Waals surface area (Å²) in [6.45, 7) is 14.5. The first-order valence-electron chi connectivity index (χ1n) is 27.5. The Morgan fingerprint density at radius 3 is 1.79 bits per heavy atom. The first-order chi connectivity index (χ1) is 36.3. The largest absolute Gasteiger partial charge is 0.479 e. The van der Waals surface area contributed by atoms with E-state index in [0.717, 1.165) is 5.57 Å². The Hall–Kier alpha value is -2.57. The Kier molecular flexibility index (Phi) is 17.5. The zero-order valence-electron chi connectivity index (χ0n) is 45.9. The van der Waals surface area contributed by atoms with E-state index < -0.39 is 199 Å². The lowest BCUT2D eigenvalue weighted by Gasteiger charge is -2.72. The summed E-state index contributed by atoms with van der Waals surface area (Å²) in [6.07, 6.45) is -28.2. The van der Waals surface area contributed by atoms with Crippen molar-refractivity contribution >= 4 is 17.9 Å². The van der Waals surface area contributed by atoms with Crippen LogP contribution in [-0.4, -0.2) is 227 Å². The van der Waals surface area contributed by atoms with E-state index in [4.69, 9.17) is 37.9 Å². The molecule has 0 spiro atoms. The molecule has 0 aromatic carbocycles. The van der Waals surface area contributed by atoms with Gasteiger partial charge in [0.2, 0.25) is 0 Å². The van der Waals surface area contributed by atoms with Crippen LogP contribution in [0.5, 0.6) is 0 Å². The lowest BCUT2D eigenvalue weighted by Crippen LogP contribution is -2.72. The summed E-state index contributed by atoms with van der Waals surface area (Å²) in [5, 5.41) is 144. The lowest BCUT2D eigenvalue weighted by molar-refractivity contribution is -0.392. The number of aliphatic hydroxyl groups is 12. The van der Waals surface area contributed by atoms with E-state index in [-0.39, 0.29) is 31.3 Å². The molecule has 24 heteroatoms. The van der Waals surface area contributed by atoms with Gasteiger partial charge in [-0.05, 0) is 78.9 Å². The SMILES string of the molecule is CC(=O)OC[C@@]12[C@H](O)C[C@]3(C)C(=CC[C@@H]4[C@@]5(C)CC[C@H](O[C@@H]6O[C@H](C(=O)O)[C@@H](O[C@@H]7O[C@H](CO)[C@@H](O)[C@H](O)[C@H]7O)[C@H](O)[C@H]6O[C@@H]6O[C@H](CO)[C@@H](O)[C@H](O)[C@H]6O)[C@](C)(CO)C5CC[C@]43C)[C@@H]1CC(C)(C)[C@@H](OC(=O)C(C)C)[C@@H]2O. The van der Waals surface area contributed by atoms with Gasteiger partial charge in [-0.1, -0.05) is 67.0 Å². The maximum atomic E-state index is 13.1. The second kappa shape index (κ2) is 22.2. The number of hydrogen-bond acceptors (Lipinski definition) is 23. The van der Waals surface area contributed by atoms with Gasteiger partial charge in [0.25, 0.3) is 0 Å². The van der Waals surface area contributed by atoms with Crippen molar-refractivity contribution in [2.45, 2.75) is 224 Å². The van der Waals surface area contributed by atoms with Crippen LogP contribution in [0, 0.1) is 56.2 Å². The Balaban J connectivity index is 1.11. The Morgan fingerprint density at radius 1 is 0.692 bits per heavy atom. The second-order valence-electron chi connectivity index (χ2n) is 25.8. The Bertz CT molecular complexity index is 2210. The summed E-state index contributed by atoms with van der Waals surface area (Å²) < 4.78 is 47.7. The summed E-state index contributed by atoms with van der Waals surface area (Å²) in [6, 6.07) is 0. The van der Waals surface area contributed by atoms with Gasteiger partial charge in [-0.25, -0.2) is 4.79 Å². The average Bonchev–Trinajstić information content (AvgIpc) is 3.51. The highest BCUT2D eigenvalue weighted by molar-refractivity contribution is 5.73. The van der Waals surface area contributed by atoms with Crippen molar-refractivity contribution < 1.29 is 119 Å². The maximum Gasteiger partial charge on any atom is 0.335 e. The molecule has 3 heterocycles. The quantitative estimate of drug-likeness (QED) is 0.0527. The molecular weight excluding hydrogens is 1030 g/mol. The number of aliphatic carboxylic acids is 1. The van der Waals surface area contributed by atoms with Gasteiger partial charge in [-0.15, -0.1) is 0 Å². The van der Waals surface area contributed by atoms with Gasteiger partial charge in [0, 0.05) is 17.8 Å². The second-order valence-corrected chi connectivity index (χ2v) is 25.8. The topological polar surface area (TPSA) is 388 Å². The third-order valence-corrected chi connectivity index (χ3v) is 20.8. The zero-order chi connectivity index (χ0) is 57.7. The van der Waals surface area contributed by atoms with E-state index in [1.807, 2.05) is 20.8 Å². The number of carbonyl (C=O) groups is 3. The molecule has 5 aliphatic carbocycles. The van der Waals surface area contributed by atoms with E-state index >= 15 is 0 Å². The van der Waals surface area contributed by atoms with Crippen LogP contribution in [0.15, 0.2) is 11.6 Å². The van der Waals surface area contributed by atoms with Gasteiger partial charge in [-0.3, -0.25) is 9.59 Å². The van der Waals surface area contributed by atoms with Crippen molar-refractivity contribution in [3.63, 3.8) is 0 Å². The van der Waals surface area contributed by atoms with E-state index in [0.29, 0.717) is 32.1 Å². The highest BCUT2D eigenvalue weighted by Gasteiger charge is 2.74. The number of rotatable bonds is 14. The van der Waals surface area contributed by atoms with E-state index in [1.165, 1.54) is 6.92 Å². The summed E-state index contributed by atoms with van der Waals surface area (Å²) in [4.78, 5) is 38.8. The van der Waals surface area contributed by atoms with Crippen LogP contribution < -0.4 is 0 Å². The van der Waals surface area contributed by atoms with Crippen molar-refractivity contribution in [1.29, 1.82) is 0 Å². The predicted octanol–water partition coefficient (Wildman–Crippen LogP) is -1.63. The van der Waals surface area contributed by atoms with Gasteiger partial charge in [0.05, 0.1) is 43.4 Å². The minimum absolute atomic E-state index is 0.0782. The fraction of sp³-hybridized carbons (Fsp3) is 0.907. The van der Waals surface area contributed by atoms with Crippen molar-refractivity contribution in [3.8, 4) is 0 Å². The summed E-state index contributed by atoms with van der Waals surface area (Å²) >= 11 is 0. The minimum Gasteiger partial charge on any atom is -0.479 e. The monoisotopic (exact) mass is 1120 g/mol. The van der Waals surface area contributed by atoms with Crippen LogP contribution in [0.25, 0.3) is 0 Å². The molecule has 78 heavy (non-hydrogen) atoms. The molecule has 27 atom stereocenters. The van der Waals surface area contributed by atoms with Crippen molar-refractivity contribution in [1.82, 2.24) is 0 Å². The van der Waals surface area contributed by atoms with Crippen molar-refractivity contribution in [3.05, 3.63) is 11.6 Å². The highest BCUT2D eigenvalue weighted by Crippen LogP contribution is 2.76. The van der Waals surface area contributed by atoms with Crippen LogP contribution in [0.1, 0.15) is 107 Å².